The fourth-order valence-corrected chi connectivity index (χ4v) is 4.81. The predicted molar refractivity (Wildman–Crippen MR) is 170 cm³/mol. The molecular weight excluding hydrogens is 555 g/mol. The highest BCUT2D eigenvalue weighted by Crippen LogP contribution is 2.35. The molecule has 0 aliphatic heterocycles. The fraction of sp³-hybridized carbons (Fsp3) is 0.818. The van der Waals surface area contributed by atoms with Gasteiger partial charge >= 0.3 is 19.8 Å². The van der Waals surface area contributed by atoms with Gasteiger partial charge in [-0.05, 0) is 38.5 Å². The van der Waals surface area contributed by atoms with Crippen LogP contribution in [0.3, 0.4) is 0 Å². The molecule has 0 aromatic rings. The number of hydrogen-bond acceptors (Lipinski definition) is 6. The topological polar surface area (TPSA) is 119 Å². The summed E-state index contributed by atoms with van der Waals surface area (Å²) in [6.07, 6.45) is 30.4. The van der Waals surface area contributed by atoms with Gasteiger partial charge in [0.15, 0.2) is 6.10 Å². The molecule has 0 amide bonds. The van der Waals surface area contributed by atoms with Gasteiger partial charge in [-0.3, -0.25) is 14.1 Å². The Morgan fingerprint density at radius 3 is 1.64 bits per heavy atom. The van der Waals surface area contributed by atoms with Crippen LogP contribution >= 0.6 is 7.82 Å². The third-order valence-corrected chi connectivity index (χ3v) is 7.46. The minimum Gasteiger partial charge on any atom is -0.462 e. The number of ether oxygens (including phenoxy) is 2. The monoisotopic (exact) mass is 616 g/mol. The maximum Gasteiger partial charge on any atom is 0.469 e. The quantitative estimate of drug-likeness (QED) is 0.0355. The van der Waals surface area contributed by atoms with Gasteiger partial charge in [0.2, 0.25) is 0 Å². The van der Waals surface area contributed by atoms with Crippen molar-refractivity contribution >= 4 is 19.8 Å². The van der Waals surface area contributed by atoms with Crippen LogP contribution in [0.2, 0.25) is 0 Å². The Bertz CT molecular complexity index is 746. The van der Waals surface area contributed by atoms with E-state index in [9.17, 15) is 14.2 Å². The van der Waals surface area contributed by atoms with Crippen molar-refractivity contribution in [2.75, 3.05) is 13.2 Å². The first kappa shape index (κ1) is 40.5. The van der Waals surface area contributed by atoms with Gasteiger partial charge in [-0.15, -0.1) is 0 Å². The molecule has 0 aromatic carbocycles. The van der Waals surface area contributed by atoms with E-state index in [-0.39, 0.29) is 19.4 Å². The number of rotatable bonds is 30. The second-order valence-electron chi connectivity index (χ2n) is 11.1. The first-order valence-electron chi connectivity index (χ1n) is 16.6. The van der Waals surface area contributed by atoms with Crippen molar-refractivity contribution in [1.29, 1.82) is 0 Å². The van der Waals surface area contributed by atoms with Crippen molar-refractivity contribution in [2.24, 2.45) is 0 Å². The van der Waals surface area contributed by atoms with Gasteiger partial charge < -0.3 is 19.3 Å². The minimum atomic E-state index is -4.74. The van der Waals surface area contributed by atoms with Gasteiger partial charge in [0.25, 0.3) is 0 Å². The molecule has 8 nitrogen and oxygen atoms in total. The molecule has 0 saturated heterocycles. The van der Waals surface area contributed by atoms with Crippen LogP contribution < -0.4 is 0 Å². The molecule has 0 bridgehead atoms. The van der Waals surface area contributed by atoms with Crippen molar-refractivity contribution < 1.29 is 37.9 Å². The molecule has 0 fully saturated rings. The molecule has 0 saturated carbocycles. The molecule has 0 aliphatic rings. The molecule has 246 valence electrons. The van der Waals surface area contributed by atoms with E-state index in [2.05, 4.69) is 42.7 Å². The highest BCUT2D eigenvalue weighted by Gasteiger charge is 2.22. The molecule has 2 N–H and O–H groups in total. The van der Waals surface area contributed by atoms with Crippen molar-refractivity contribution in [3.8, 4) is 0 Å². The number of carbonyl (C=O) groups excluding carboxylic acids is 2. The molecule has 0 aliphatic carbocycles. The van der Waals surface area contributed by atoms with E-state index in [0.29, 0.717) is 12.8 Å². The lowest BCUT2D eigenvalue weighted by Gasteiger charge is -2.18. The second kappa shape index (κ2) is 29.6. The summed E-state index contributed by atoms with van der Waals surface area (Å²) < 4.78 is 26.2. The first-order chi connectivity index (χ1) is 20.3. The van der Waals surface area contributed by atoms with Crippen LogP contribution in [0, 0.1) is 0 Å². The maximum absolute atomic E-state index is 12.3. The zero-order valence-electron chi connectivity index (χ0n) is 26.6. The molecule has 0 unspecified atom stereocenters. The van der Waals surface area contributed by atoms with E-state index < -0.39 is 32.5 Å². The Morgan fingerprint density at radius 1 is 0.619 bits per heavy atom. The van der Waals surface area contributed by atoms with Crippen LogP contribution in [-0.4, -0.2) is 41.0 Å². The van der Waals surface area contributed by atoms with Crippen LogP contribution in [-0.2, 0) is 28.2 Å². The van der Waals surface area contributed by atoms with Crippen molar-refractivity contribution in [3.05, 3.63) is 24.3 Å². The maximum atomic E-state index is 12.3. The first-order valence-corrected chi connectivity index (χ1v) is 18.2. The molecule has 0 radical (unpaired) electrons. The van der Waals surface area contributed by atoms with E-state index in [0.717, 1.165) is 64.2 Å². The second-order valence-corrected chi connectivity index (χ2v) is 12.4. The van der Waals surface area contributed by atoms with Gasteiger partial charge in [0.1, 0.15) is 6.61 Å². The SMILES string of the molecule is CCCC/C=C/C/C=C/CCCCCCCC(=O)OC[C@H](COP(=O)(O)O)OC(=O)CCCCCCCCCCCC. The summed E-state index contributed by atoms with van der Waals surface area (Å²) in [5.74, 6) is -0.903. The molecule has 0 rings (SSSR count). The van der Waals surface area contributed by atoms with E-state index in [1.807, 2.05) is 0 Å². The van der Waals surface area contributed by atoms with Crippen LogP contribution in [0.5, 0.6) is 0 Å². The van der Waals surface area contributed by atoms with Crippen molar-refractivity contribution in [1.82, 2.24) is 0 Å². The Labute approximate surface area is 256 Å². The van der Waals surface area contributed by atoms with Crippen LogP contribution in [0.4, 0.5) is 0 Å². The average Bonchev–Trinajstić information content (AvgIpc) is 2.95. The lowest BCUT2D eigenvalue weighted by Crippen LogP contribution is -2.29. The Hall–Kier alpha value is -1.47. The molecule has 0 aromatic heterocycles. The summed E-state index contributed by atoms with van der Waals surface area (Å²) in [6.45, 7) is 3.59. The van der Waals surface area contributed by atoms with E-state index >= 15 is 0 Å². The third kappa shape index (κ3) is 31.5. The summed E-state index contributed by atoms with van der Waals surface area (Å²) in [7, 11) is -4.74. The average molecular weight is 617 g/mol. The minimum absolute atomic E-state index is 0.211. The fourth-order valence-electron chi connectivity index (χ4n) is 4.45. The Balaban J connectivity index is 4.03. The lowest BCUT2D eigenvalue weighted by atomic mass is 10.1. The number of allylic oxidation sites excluding steroid dienone is 4. The van der Waals surface area contributed by atoms with Gasteiger partial charge in [-0.1, -0.05) is 128 Å². The van der Waals surface area contributed by atoms with E-state index in [4.69, 9.17) is 19.3 Å². The molecule has 1 atom stereocenters. The highest BCUT2D eigenvalue weighted by atomic mass is 31.2. The standard InChI is InChI=1S/C33H61O8P/c1-3-5-7-9-11-13-15-16-17-18-20-21-23-25-27-32(34)39-29-31(30-40-42(36,37)38)41-33(35)28-26-24-22-19-14-12-10-8-6-4-2/h9,11,15-16,31H,3-8,10,12-14,17-30H2,1-2H3,(H2,36,37,38)/b11-9+,16-15+/t31-/m1/s1. The third-order valence-electron chi connectivity index (χ3n) is 6.97. The lowest BCUT2D eigenvalue weighted by molar-refractivity contribution is -0.161. The number of phosphoric ester groups is 1. The molecule has 0 heterocycles. The summed E-state index contributed by atoms with van der Waals surface area (Å²) in [6, 6.07) is 0. The molecular formula is C33H61O8P. The van der Waals surface area contributed by atoms with Crippen LogP contribution in [0.25, 0.3) is 0 Å². The Kier molecular flexibility index (Phi) is 28.6. The molecule has 42 heavy (non-hydrogen) atoms. The Morgan fingerprint density at radius 2 is 1.10 bits per heavy atom. The summed E-state index contributed by atoms with van der Waals surface area (Å²) in [5.41, 5.74) is 0. The van der Waals surface area contributed by atoms with E-state index in [1.54, 1.807) is 0 Å². The largest absolute Gasteiger partial charge is 0.469 e. The summed E-state index contributed by atoms with van der Waals surface area (Å²) >= 11 is 0. The zero-order valence-corrected chi connectivity index (χ0v) is 27.5. The number of phosphoric acid groups is 1. The number of hydrogen-bond donors (Lipinski definition) is 2. The summed E-state index contributed by atoms with van der Waals surface area (Å²) in [4.78, 5) is 42.4. The highest BCUT2D eigenvalue weighted by molar-refractivity contribution is 7.46. The van der Waals surface area contributed by atoms with E-state index in [1.165, 1.54) is 51.4 Å². The van der Waals surface area contributed by atoms with Crippen molar-refractivity contribution in [2.45, 2.75) is 161 Å². The number of esters is 2. The van der Waals surface area contributed by atoms with Gasteiger partial charge in [0.05, 0.1) is 6.61 Å². The van der Waals surface area contributed by atoms with Gasteiger partial charge in [0, 0.05) is 12.8 Å². The normalized spacial score (nSPS) is 12.8. The molecule has 0 spiro atoms. The zero-order chi connectivity index (χ0) is 31.2. The molecule has 9 heteroatoms. The smallest absolute Gasteiger partial charge is 0.462 e. The van der Waals surface area contributed by atoms with Gasteiger partial charge in [-0.2, -0.15) is 0 Å². The van der Waals surface area contributed by atoms with Gasteiger partial charge in [-0.25, -0.2) is 4.57 Å². The number of carbonyl (C=O) groups is 2. The number of unbranched alkanes of at least 4 members (excludes halogenated alkanes) is 16. The predicted octanol–water partition coefficient (Wildman–Crippen LogP) is 9.29. The van der Waals surface area contributed by atoms with Crippen LogP contribution in [0.1, 0.15) is 155 Å². The summed E-state index contributed by atoms with van der Waals surface area (Å²) in [5, 5.41) is 0. The van der Waals surface area contributed by atoms with Crippen LogP contribution in [0.15, 0.2) is 24.3 Å². The van der Waals surface area contributed by atoms with Crippen molar-refractivity contribution in [3.63, 3.8) is 0 Å².